The molecule has 32 heavy (non-hydrogen) atoms. The molecule has 0 bridgehead atoms. The van der Waals surface area contributed by atoms with Gasteiger partial charge in [-0.2, -0.15) is 5.10 Å². The van der Waals surface area contributed by atoms with Crippen LogP contribution in [-0.2, 0) is 13.1 Å². The van der Waals surface area contributed by atoms with Crippen LogP contribution in [0.5, 0.6) is 0 Å². The SMILES string of the molecule is CN(Cc1ccn[nH]1)Cc1c(C(=O)N2CCN(C3CCCCC3)CC2)nc2ccccn12. The first kappa shape index (κ1) is 21.2. The van der Waals surface area contributed by atoms with Gasteiger partial charge in [-0.1, -0.05) is 25.3 Å². The van der Waals surface area contributed by atoms with Gasteiger partial charge in [0.15, 0.2) is 5.69 Å². The van der Waals surface area contributed by atoms with Gasteiger partial charge in [-0.25, -0.2) is 4.98 Å². The van der Waals surface area contributed by atoms with Crippen LogP contribution in [0.3, 0.4) is 0 Å². The fourth-order valence-electron chi connectivity index (χ4n) is 5.23. The number of carbonyl (C=O) groups is 1. The van der Waals surface area contributed by atoms with Crippen molar-refractivity contribution in [1.82, 2.24) is 34.3 Å². The first-order valence-corrected chi connectivity index (χ1v) is 11.8. The molecule has 0 spiro atoms. The molecule has 1 saturated carbocycles. The van der Waals surface area contributed by atoms with Crippen LogP contribution in [-0.4, -0.2) is 79.5 Å². The number of nitrogens with zero attached hydrogens (tertiary/aromatic N) is 6. The number of aromatic amines is 1. The second-order valence-electron chi connectivity index (χ2n) is 9.21. The van der Waals surface area contributed by atoms with Crippen molar-refractivity contribution in [2.75, 3.05) is 33.2 Å². The van der Waals surface area contributed by atoms with E-state index in [4.69, 9.17) is 4.98 Å². The Labute approximate surface area is 189 Å². The molecule has 1 aliphatic heterocycles. The number of piperazine rings is 1. The number of amides is 1. The lowest BCUT2D eigenvalue weighted by molar-refractivity contribution is 0.0517. The van der Waals surface area contributed by atoms with Gasteiger partial charge in [0, 0.05) is 63.4 Å². The van der Waals surface area contributed by atoms with Gasteiger partial charge in [-0.3, -0.25) is 19.7 Å². The van der Waals surface area contributed by atoms with E-state index in [1.54, 1.807) is 6.20 Å². The van der Waals surface area contributed by atoms with Crippen molar-refractivity contribution in [2.24, 2.45) is 0 Å². The van der Waals surface area contributed by atoms with Crippen molar-refractivity contribution in [3.8, 4) is 0 Å². The van der Waals surface area contributed by atoms with E-state index in [1.807, 2.05) is 35.4 Å². The van der Waals surface area contributed by atoms with Crippen LogP contribution in [0, 0.1) is 0 Å². The Morgan fingerprint density at radius 3 is 2.66 bits per heavy atom. The molecule has 0 atom stereocenters. The van der Waals surface area contributed by atoms with Crippen molar-refractivity contribution in [3.05, 3.63) is 53.7 Å². The van der Waals surface area contributed by atoms with E-state index in [1.165, 1.54) is 32.1 Å². The largest absolute Gasteiger partial charge is 0.335 e. The lowest BCUT2D eigenvalue weighted by atomic mass is 9.94. The summed E-state index contributed by atoms with van der Waals surface area (Å²) >= 11 is 0. The maximum absolute atomic E-state index is 13.6. The summed E-state index contributed by atoms with van der Waals surface area (Å²) in [6, 6.07) is 8.61. The molecule has 1 saturated heterocycles. The van der Waals surface area contributed by atoms with E-state index >= 15 is 0 Å². The predicted molar refractivity (Wildman–Crippen MR) is 123 cm³/mol. The summed E-state index contributed by atoms with van der Waals surface area (Å²) < 4.78 is 2.05. The van der Waals surface area contributed by atoms with E-state index < -0.39 is 0 Å². The second kappa shape index (κ2) is 9.42. The highest BCUT2D eigenvalue weighted by molar-refractivity contribution is 5.94. The fourth-order valence-corrected chi connectivity index (χ4v) is 5.23. The van der Waals surface area contributed by atoms with Gasteiger partial charge in [-0.15, -0.1) is 0 Å². The number of carbonyl (C=O) groups excluding carboxylic acids is 1. The van der Waals surface area contributed by atoms with Gasteiger partial charge in [0.25, 0.3) is 5.91 Å². The number of nitrogens with one attached hydrogen (secondary N) is 1. The van der Waals surface area contributed by atoms with Crippen LogP contribution >= 0.6 is 0 Å². The summed E-state index contributed by atoms with van der Waals surface area (Å²) in [6.45, 7) is 4.87. The molecular formula is C24H33N7O. The van der Waals surface area contributed by atoms with Crippen molar-refractivity contribution in [1.29, 1.82) is 0 Å². The summed E-state index contributed by atoms with van der Waals surface area (Å²) in [7, 11) is 2.06. The lowest BCUT2D eigenvalue weighted by Gasteiger charge is -2.40. The van der Waals surface area contributed by atoms with Gasteiger partial charge >= 0.3 is 0 Å². The summed E-state index contributed by atoms with van der Waals surface area (Å²) in [5, 5.41) is 7.05. The zero-order valence-electron chi connectivity index (χ0n) is 18.9. The van der Waals surface area contributed by atoms with Gasteiger partial charge in [0.05, 0.1) is 5.69 Å². The number of imidazole rings is 1. The molecule has 0 radical (unpaired) electrons. The Bertz CT molecular complexity index is 1030. The molecule has 1 amide bonds. The smallest absolute Gasteiger partial charge is 0.274 e. The van der Waals surface area contributed by atoms with E-state index in [-0.39, 0.29) is 5.91 Å². The number of H-pyrrole nitrogens is 1. The van der Waals surface area contributed by atoms with E-state index in [2.05, 4.69) is 31.4 Å². The lowest BCUT2D eigenvalue weighted by Crippen LogP contribution is -2.52. The molecule has 0 aromatic carbocycles. The molecule has 8 nitrogen and oxygen atoms in total. The van der Waals surface area contributed by atoms with E-state index in [0.717, 1.165) is 49.8 Å². The first-order valence-electron chi connectivity index (χ1n) is 11.8. The number of hydrogen-bond acceptors (Lipinski definition) is 5. The number of hydrogen-bond donors (Lipinski definition) is 1. The monoisotopic (exact) mass is 435 g/mol. The Balaban J connectivity index is 1.32. The van der Waals surface area contributed by atoms with E-state index in [9.17, 15) is 4.79 Å². The maximum atomic E-state index is 13.6. The highest BCUT2D eigenvalue weighted by atomic mass is 16.2. The molecule has 1 aliphatic carbocycles. The molecule has 8 heteroatoms. The van der Waals surface area contributed by atoms with Crippen LogP contribution in [0.25, 0.3) is 5.65 Å². The molecule has 3 aromatic rings. The molecule has 3 aromatic heterocycles. The summed E-state index contributed by atoms with van der Waals surface area (Å²) in [5.41, 5.74) is 3.40. The highest BCUT2D eigenvalue weighted by Crippen LogP contribution is 2.24. The molecule has 2 fully saturated rings. The Morgan fingerprint density at radius 1 is 1.09 bits per heavy atom. The topological polar surface area (TPSA) is 72.8 Å². The highest BCUT2D eigenvalue weighted by Gasteiger charge is 2.30. The third kappa shape index (κ3) is 4.42. The summed E-state index contributed by atoms with van der Waals surface area (Å²) in [6.07, 6.45) is 10.5. The summed E-state index contributed by atoms with van der Waals surface area (Å²) in [5.74, 6) is 0.0573. The van der Waals surface area contributed by atoms with Crippen LogP contribution in [0.1, 0.15) is 54.0 Å². The van der Waals surface area contributed by atoms with Crippen LogP contribution in [0.4, 0.5) is 0 Å². The van der Waals surface area contributed by atoms with Crippen molar-refractivity contribution in [2.45, 2.75) is 51.2 Å². The number of aromatic nitrogens is 4. The predicted octanol–water partition coefficient (Wildman–Crippen LogP) is 2.78. The third-order valence-corrected chi connectivity index (χ3v) is 6.94. The van der Waals surface area contributed by atoms with Crippen LogP contribution in [0.2, 0.25) is 0 Å². The van der Waals surface area contributed by atoms with Gasteiger partial charge in [-0.05, 0) is 38.1 Å². The standard InChI is InChI=1S/C24H33N7O/c1-28(17-19-10-11-25-27-19)18-21-23(26-22-9-5-6-12-31(21)22)24(32)30-15-13-29(14-16-30)20-7-3-2-4-8-20/h5-6,9-12,20H,2-4,7-8,13-18H2,1H3,(H,25,27). The van der Waals surface area contributed by atoms with Gasteiger partial charge < -0.3 is 9.30 Å². The Morgan fingerprint density at radius 2 is 1.91 bits per heavy atom. The first-order chi connectivity index (χ1) is 15.7. The molecule has 2 aliphatic rings. The van der Waals surface area contributed by atoms with Crippen molar-refractivity contribution >= 4 is 11.6 Å². The minimum Gasteiger partial charge on any atom is -0.335 e. The molecule has 0 unspecified atom stereocenters. The minimum absolute atomic E-state index is 0.0573. The maximum Gasteiger partial charge on any atom is 0.274 e. The van der Waals surface area contributed by atoms with Crippen LogP contribution < -0.4 is 0 Å². The van der Waals surface area contributed by atoms with Gasteiger partial charge in [0.1, 0.15) is 5.65 Å². The zero-order chi connectivity index (χ0) is 21.9. The molecule has 1 N–H and O–H groups in total. The van der Waals surface area contributed by atoms with Crippen LogP contribution in [0.15, 0.2) is 36.7 Å². The Kier molecular flexibility index (Phi) is 6.23. The van der Waals surface area contributed by atoms with Crippen molar-refractivity contribution in [3.63, 3.8) is 0 Å². The third-order valence-electron chi connectivity index (χ3n) is 6.94. The molecule has 5 rings (SSSR count). The fraction of sp³-hybridized carbons (Fsp3) is 0.542. The van der Waals surface area contributed by atoms with Gasteiger partial charge in [0.2, 0.25) is 0 Å². The second-order valence-corrected chi connectivity index (χ2v) is 9.21. The molecule has 4 heterocycles. The molecule has 170 valence electrons. The average Bonchev–Trinajstić information content (AvgIpc) is 3.47. The zero-order valence-corrected chi connectivity index (χ0v) is 18.9. The number of pyridine rings is 1. The van der Waals surface area contributed by atoms with Crippen molar-refractivity contribution < 1.29 is 4.79 Å². The average molecular weight is 436 g/mol. The normalized spacial score (nSPS) is 18.6. The minimum atomic E-state index is 0.0573. The quantitative estimate of drug-likeness (QED) is 0.645. The molecular weight excluding hydrogens is 402 g/mol. The summed E-state index contributed by atoms with van der Waals surface area (Å²) in [4.78, 5) is 25.1. The number of rotatable bonds is 6. The Hall–Kier alpha value is -2.71. The number of fused-ring (bicyclic) bond motifs is 1. The van der Waals surface area contributed by atoms with E-state index in [0.29, 0.717) is 18.3 Å².